The van der Waals surface area contributed by atoms with Crippen molar-refractivity contribution in [2.45, 2.75) is 0 Å². The van der Waals surface area contributed by atoms with Crippen LogP contribution in [0.5, 0.6) is 0 Å². The number of rotatable bonds is 1. The zero-order valence-electron chi connectivity index (χ0n) is 7.87. The van der Waals surface area contributed by atoms with Gasteiger partial charge in [0.05, 0.1) is 5.69 Å². The molecule has 3 heteroatoms. The van der Waals surface area contributed by atoms with Gasteiger partial charge in [-0.3, -0.25) is 0 Å². The molecule has 0 atom stereocenters. The van der Waals surface area contributed by atoms with E-state index in [2.05, 4.69) is 0 Å². The maximum atomic E-state index is 13.4. The van der Waals surface area contributed by atoms with Crippen molar-refractivity contribution in [2.24, 2.45) is 7.05 Å². The van der Waals surface area contributed by atoms with E-state index in [4.69, 9.17) is 5.73 Å². The van der Waals surface area contributed by atoms with Gasteiger partial charge in [0.2, 0.25) is 0 Å². The van der Waals surface area contributed by atoms with Crippen molar-refractivity contribution < 1.29 is 4.39 Å². The highest BCUT2D eigenvalue weighted by Gasteiger charge is 2.08. The van der Waals surface area contributed by atoms with Gasteiger partial charge in [-0.25, -0.2) is 4.39 Å². The summed E-state index contributed by atoms with van der Waals surface area (Å²) in [6.07, 6.45) is 0. The van der Waals surface area contributed by atoms with Crippen LogP contribution in [0.4, 0.5) is 10.2 Å². The van der Waals surface area contributed by atoms with Gasteiger partial charge in [-0.05, 0) is 24.3 Å². The lowest BCUT2D eigenvalue weighted by Crippen LogP contribution is -1.98. The number of nitrogens with zero attached hydrogens (tertiary/aromatic N) is 1. The Morgan fingerprint density at radius 1 is 1.14 bits per heavy atom. The molecule has 1 aromatic carbocycles. The summed E-state index contributed by atoms with van der Waals surface area (Å²) in [5.74, 6) is 0.400. The minimum atomic E-state index is -0.228. The first-order valence-corrected chi connectivity index (χ1v) is 4.36. The van der Waals surface area contributed by atoms with Crippen LogP contribution in [0.3, 0.4) is 0 Å². The topological polar surface area (TPSA) is 30.9 Å². The van der Waals surface area contributed by atoms with Crippen LogP contribution >= 0.6 is 0 Å². The fraction of sp³-hybridized carbons (Fsp3) is 0.0909. The Balaban J connectivity index is 2.60. The van der Waals surface area contributed by atoms with Crippen LogP contribution in [0.2, 0.25) is 0 Å². The van der Waals surface area contributed by atoms with Crippen LogP contribution in [0.25, 0.3) is 11.3 Å². The van der Waals surface area contributed by atoms with E-state index in [1.807, 2.05) is 19.2 Å². The summed E-state index contributed by atoms with van der Waals surface area (Å²) in [5, 5.41) is 0. The second-order valence-corrected chi connectivity index (χ2v) is 3.18. The van der Waals surface area contributed by atoms with Crippen molar-refractivity contribution in [3.05, 3.63) is 42.2 Å². The first-order valence-electron chi connectivity index (χ1n) is 4.36. The Morgan fingerprint density at radius 3 is 2.43 bits per heavy atom. The Kier molecular flexibility index (Phi) is 2.00. The number of hydrogen-bond acceptors (Lipinski definition) is 1. The molecule has 0 aliphatic carbocycles. The van der Waals surface area contributed by atoms with Crippen molar-refractivity contribution in [3.8, 4) is 11.3 Å². The quantitative estimate of drug-likeness (QED) is 0.735. The monoisotopic (exact) mass is 190 g/mol. The van der Waals surface area contributed by atoms with Crippen molar-refractivity contribution in [1.29, 1.82) is 0 Å². The third-order valence-electron chi connectivity index (χ3n) is 2.31. The summed E-state index contributed by atoms with van der Waals surface area (Å²) in [6, 6.07) is 10.2. The maximum Gasteiger partial charge on any atom is 0.132 e. The van der Waals surface area contributed by atoms with Crippen LogP contribution in [-0.4, -0.2) is 4.57 Å². The SMILES string of the molecule is Cn1c(N)ccc1-c1ccccc1F. The molecule has 14 heavy (non-hydrogen) atoms. The number of aromatic nitrogens is 1. The summed E-state index contributed by atoms with van der Waals surface area (Å²) in [6.45, 7) is 0. The molecule has 2 N–H and O–H groups in total. The van der Waals surface area contributed by atoms with Crippen LogP contribution in [0.1, 0.15) is 0 Å². The third kappa shape index (κ3) is 1.27. The van der Waals surface area contributed by atoms with Crippen LogP contribution in [0.15, 0.2) is 36.4 Å². The smallest absolute Gasteiger partial charge is 0.132 e. The molecule has 1 aromatic heterocycles. The predicted octanol–water partition coefficient (Wildman–Crippen LogP) is 2.41. The molecule has 72 valence electrons. The van der Waals surface area contributed by atoms with Gasteiger partial charge in [-0.15, -0.1) is 0 Å². The van der Waals surface area contributed by atoms with Gasteiger partial charge in [0.15, 0.2) is 0 Å². The first-order chi connectivity index (χ1) is 6.70. The average Bonchev–Trinajstić information content (AvgIpc) is 2.49. The standard InChI is InChI=1S/C11H11FN2/c1-14-10(6-7-11(14)13)8-4-2-3-5-9(8)12/h2-7H,13H2,1H3. The Labute approximate surface area is 81.8 Å². The van der Waals surface area contributed by atoms with E-state index in [9.17, 15) is 4.39 Å². The molecule has 0 aliphatic heterocycles. The van der Waals surface area contributed by atoms with E-state index >= 15 is 0 Å². The van der Waals surface area contributed by atoms with Crippen LogP contribution < -0.4 is 5.73 Å². The van der Waals surface area contributed by atoms with Gasteiger partial charge in [0, 0.05) is 12.6 Å². The zero-order valence-corrected chi connectivity index (χ0v) is 7.87. The number of nitrogens with two attached hydrogens (primary N) is 1. The number of halogens is 1. The molecule has 2 rings (SSSR count). The highest BCUT2D eigenvalue weighted by molar-refractivity contribution is 5.64. The van der Waals surface area contributed by atoms with E-state index < -0.39 is 0 Å². The lowest BCUT2D eigenvalue weighted by molar-refractivity contribution is 0.630. The number of nitrogen functional groups attached to an aromatic ring is 1. The molecular weight excluding hydrogens is 179 g/mol. The lowest BCUT2D eigenvalue weighted by atomic mass is 10.1. The molecule has 2 aromatic rings. The van der Waals surface area contributed by atoms with Gasteiger partial charge < -0.3 is 10.3 Å². The molecule has 1 heterocycles. The van der Waals surface area contributed by atoms with Crippen molar-refractivity contribution in [1.82, 2.24) is 4.57 Å². The molecule has 0 radical (unpaired) electrons. The molecule has 0 saturated carbocycles. The third-order valence-corrected chi connectivity index (χ3v) is 2.31. The van der Waals surface area contributed by atoms with Crippen molar-refractivity contribution in [3.63, 3.8) is 0 Å². The first kappa shape index (κ1) is 8.81. The maximum absolute atomic E-state index is 13.4. The van der Waals surface area contributed by atoms with E-state index in [1.165, 1.54) is 6.07 Å². The van der Waals surface area contributed by atoms with E-state index in [0.29, 0.717) is 11.4 Å². The normalized spacial score (nSPS) is 10.4. The van der Waals surface area contributed by atoms with Gasteiger partial charge in [-0.2, -0.15) is 0 Å². The van der Waals surface area contributed by atoms with Crippen LogP contribution in [0, 0.1) is 5.82 Å². The second-order valence-electron chi connectivity index (χ2n) is 3.18. The summed E-state index contributed by atoms with van der Waals surface area (Å²) >= 11 is 0. The molecule has 2 nitrogen and oxygen atoms in total. The molecule has 0 bridgehead atoms. The molecule has 0 amide bonds. The average molecular weight is 190 g/mol. The predicted molar refractivity (Wildman–Crippen MR) is 55.2 cm³/mol. The van der Waals surface area contributed by atoms with E-state index in [0.717, 1.165) is 5.69 Å². The lowest BCUT2D eigenvalue weighted by Gasteiger charge is -2.05. The molecule has 0 aliphatic rings. The van der Waals surface area contributed by atoms with Crippen LogP contribution in [-0.2, 0) is 7.05 Å². The van der Waals surface area contributed by atoms with Gasteiger partial charge in [0.1, 0.15) is 11.6 Å². The molecule has 0 spiro atoms. The minimum absolute atomic E-state index is 0.228. The van der Waals surface area contributed by atoms with Gasteiger partial charge in [0.25, 0.3) is 0 Å². The summed E-state index contributed by atoms with van der Waals surface area (Å²) in [5.41, 5.74) is 7.04. The summed E-state index contributed by atoms with van der Waals surface area (Å²) in [7, 11) is 1.82. The summed E-state index contributed by atoms with van der Waals surface area (Å²) in [4.78, 5) is 0. The fourth-order valence-corrected chi connectivity index (χ4v) is 1.47. The van der Waals surface area contributed by atoms with E-state index in [-0.39, 0.29) is 5.82 Å². The molecule has 0 fully saturated rings. The molecule has 0 saturated heterocycles. The van der Waals surface area contributed by atoms with Crippen molar-refractivity contribution >= 4 is 5.82 Å². The fourth-order valence-electron chi connectivity index (χ4n) is 1.47. The number of hydrogen-bond donors (Lipinski definition) is 1. The zero-order chi connectivity index (χ0) is 10.1. The Hall–Kier alpha value is -1.77. The van der Waals surface area contributed by atoms with Crippen molar-refractivity contribution in [2.75, 3.05) is 5.73 Å². The van der Waals surface area contributed by atoms with Gasteiger partial charge >= 0.3 is 0 Å². The van der Waals surface area contributed by atoms with Gasteiger partial charge in [-0.1, -0.05) is 12.1 Å². The number of anilines is 1. The Bertz CT molecular complexity index is 460. The molecular formula is C11H11FN2. The number of benzene rings is 1. The Morgan fingerprint density at radius 2 is 1.86 bits per heavy atom. The molecule has 0 unspecified atom stereocenters. The second kappa shape index (κ2) is 3.18. The minimum Gasteiger partial charge on any atom is -0.385 e. The summed E-state index contributed by atoms with van der Waals surface area (Å²) < 4.78 is 15.2. The van der Waals surface area contributed by atoms with E-state index in [1.54, 1.807) is 22.8 Å². The largest absolute Gasteiger partial charge is 0.385 e. The highest BCUT2D eigenvalue weighted by Crippen LogP contribution is 2.24. The highest BCUT2D eigenvalue weighted by atomic mass is 19.1.